The van der Waals surface area contributed by atoms with Crippen LogP contribution in [-0.4, -0.2) is 11.7 Å². The van der Waals surface area contributed by atoms with Crippen molar-refractivity contribution in [1.29, 1.82) is 0 Å². The molecule has 0 saturated heterocycles. The van der Waals surface area contributed by atoms with Crippen LogP contribution in [0.3, 0.4) is 0 Å². The molecule has 1 aliphatic carbocycles. The summed E-state index contributed by atoms with van der Waals surface area (Å²) in [5.41, 5.74) is 1.59. The Kier molecular flexibility index (Phi) is 1.90. The Morgan fingerprint density at radius 2 is 1.75 bits per heavy atom. The average molecular weight is 215 g/mol. The number of fused-ring (bicyclic) bond motifs is 2. The van der Waals surface area contributed by atoms with Gasteiger partial charge in [0, 0.05) is 18.4 Å². The van der Waals surface area contributed by atoms with Crippen molar-refractivity contribution < 1.29 is 9.59 Å². The molecule has 1 amide bonds. The van der Waals surface area contributed by atoms with Gasteiger partial charge < -0.3 is 5.32 Å². The molecule has 0 atom stereocenters. The molecule has 1 N–H and O–H groups in total. The van der Waals surface area contributed by atoms with Crippen LogP contribution in [0, 0.1) is 0 Å². The van der Waals surface area contributed by atoms with Crippen LogP contribution in [0.1, 0.15) is 41.6 Å². The highest BCUT2D eigenvalue weighted by atomic mass is 16.2. The van der Waals surface area contributed by atoms with Gasteiger partial charge in [0.15, 0.2) is 0 Å². The van der Waals surface area contributed by atoms with Crippen molar-refractivity contribution >= 4 is 11.7 Å². The van der Waals surface area contributed by atoms with E-state index in [1.807, 2.05) is 24.3 Å². The number of amides is 1. The Morgan fingerprint density at radius 1 is 1.06 bits per heavy atom. The van der Waals surface area contributed by atoms with Gasteiger partial charge in [0.1, 0.15) is 5.78 Å². The average Bonchev–Trinajstić information content (AvgIpc) is 2.58. The standard InChI is InChI=1S/C13H13NO2/c15-9-5-7-13(8-6-9)11-4-2-1-3-10(11)12(16)14-13/h1-4H,5-8H2,(H,14,16). The van der Waals surface area contributed by atoms with Crippen molar-refractivity contribution in [3.05, 3.63) is 35.4 Å². The van der Waals surface area contributed by atoms with Crippen molar-refractivity contribution in [2.45, 2.75) is 31.2 Å². The van der Waals surface area contributed by atoms with E-state index in [0.717, 1.165) is 24.0 Å². The number of hydrogen-bond acceptors (Lipinski definition) is 2. The van der Waals surface area contributed by atoms with Crippen LogP contribution in [0.15, 0.2) is 24.3 Å². The lowest BCUT2D eigenvalue weighted by Crippen LogP contribution is -2.42. The fourth-order valence-corrected chi connectivity index (χ4v) is 2.80. The van der Waals surface area contributed by atoms with E-state index in [1.165, 1.54) is 0 Å². The van der Waals surface area contributed by atoms with Gasteiger partial charge in [-0.3, -0.25) is 9.59 Å². The Bertz CT molecular complexity index is 469. The predicted molar refractivity (Wildman–Crippen MR) is 59.1 cm³/mol. The third-order valence-electron chi connectivity index (χ3n) is 3.70. The number of carbonyl (C=O) groups is 2. The lowest BCUT2D eigenvalue weighted by molar-refractivity contribution is -0.121. The molecule has 0 bridgehead atoms. The molecule has 1 aromatic carbocycles. The highest BCUT2D eigenvalue weighted by Gasteiger charge is 2.44. The third kappa shape index (κ3) is 1.21. The summed E-state index contributed by atoms with van der Waals surface area (Å²) in [6.45, 7) is 0. The first kappa shape index (κ1) is 9.58. The number of Topliss-reactive ketones (excluding diaryl/α,β-unsaturated/α-hetero) is 1. The van der Waals surface area contributed by atoms with Gasteiger partial charge in [0.25, 0.3) is 5.91 Å². The smallest absolute Gasteiger partial charge is 0.252 e. The van der Waals surface area contributed by atoms with Crippen molar-refractivity contribution in [2.24, 2.45) is 0 Å². The molecule has 1 saturated carbocycles. The zero-order valence-corrected chi connectivity index (χ0v) is 8.95. The topological polar surface area (TPSA) is 46.2 Å². The first-order chi connectivity index (χ1) is 7.71. The molecule has 1 spiro atoms. The molecule has 3 rings (SSSR count). The molecule has 1 aromatic rings. The fourth-order valence-electron chi connectivity index (χ4n) is 2.80. The SMILES string of the molecule is O=C1CCC2(CC1)NC(=O)c1ccccc12. The summed E-state index contributed by atoms with van der Waals surface area (Å²) in [5, 5.41) is 3.06. The maximum Gasteiger partial charge on any atom is 0.252 e. The number of carbonyl (C=O) groups excluding carboxylic acids is 2. The molecule has 2 aliphatic rings. The minimum absolute atomic E-state index is 0.00458. The normalized spacial score (nSPS) is 22.0. The molecule has 1 heterocycles. The summed E-state index contributed by atoms with van der Waals surface area (Å²) >= 11 is 0. The maximum atomic E-state index is 11.8. The van der Waals surface area contributed by atoms with Gasteiger partial charge >= 0.3 is 0 Å². The second kappa shape index (κ2) is 3.17. The summed E-state index contributed by atoms with van der Waals surface area (Å²) in [5.74, 6) is 0.314. The number of nitrogens with one attached hydrogen (secondary N) is 1. The van der Waals surface area contributed by atoms with Gasteiger partial charge in [-0.25, -0.2) is 0 Å². The van der Waals surface area contributed by atoms with Crippen LogP contribution in [0.2, 0.25) is 0 Å². The predicted octanol–water partition coefficient (Wildman–Crippen LogP) is 1.77. The Balaban J connectivity index is 2.05. The van der Waals surface area contributed by atoms with Crippen molar-refractivity contribution in [3.63, 3.8) is 0 Å². The Labute approximate surface area is 93.8 Å². The molecule has 3 heteroatoms. The van der Waals surface area contributed by atoms with Gasteiger partial charge in [0.05, 0.1) is 5.54 Å². The molecule has 3 nitrogen and oxygen atoms in total. The van der Waals surface area contributed by atoms with E-state index in [4.69, 9.17) is 0 Å². The lowest BCUT2D eigenvalue weighted by Gasteiger charge is -2.33. The van der Waals surface area contributed by atoms with Crippen LogP contribution >= 0.6 is 0 Å². The van der Waals surface area contributed by atoms with Crippen LogP contribution in [0.25, 0.3) is 0 Å². The van der Waals surface area contributed by atoms with Crippen LogP contribution in [0.5, 0.6) is 0 Å². The fraction of sp³-hybridized carbons (Fsp3) is 0.385. The summed E-state index contributed by atoms with van der Waals surface area (Å²) in [6, 6.07) is 7.70. The summed E-state index contributed by atoms with van der Waals surface area (Å²) in [4.78, 5) is 23.1. The van der Waals surface area contributed by atoms with Crippen molar-refractivity contribution in [3.8, 4) is 0 Å². The number of rotatable bonds is 0. The molecular weight excluding hydrogens is 202 g/mol. The highest BCUT2D eigenvalue weighted by Crippen LogP contribution is 2.41. The maximum absolute atomic E-state index is 11.8. The first-order valence-electron chi connectivity index (χ1n) is 5.65. The summed E-state index contributed by atoms with van der Waals surface area (Å²) < 4.78 is 0. The van der Waals surface area contributed by atoms with Crippen molar-refractivity contribution in [1.82, 2.24) is 5.32 Å². The minimum atomic E-state index is -0.262. The van der Waals surface area contributed by atoms with Crippen molar-refractivity contribution in [2.75, 3.05) is 0 Å². The minimum Gasteiger partial charge on any atom is -0.342 e. The van der Waals surface area contributed by atoms with E-state index in [-0.39, 0.29) is 11.4 Å². The highest BCUT2D eigenvalue weighted by molar-refractivity contribution is 6.00. The molecule has 82 valence electrons. The Hall–Kier alpha value is -1.64. The van der Waals surface area contributed by atoms with Gasteiger partial charge in [-0.05, 0) is 24.5 Å². The monoisotopic (exact) mass is 215 g/mol. The molecular formula is C13H13NO2. The quantitative estimate of drug-likeness (QED) is 0.717. The van der Waals surface area contributed by atoms with E-state index in [0.29, 0.717) is 18.6 Å². The van der Waals surface area contributed by atoms with Gasteiger partial charge in [0.2, 0.25) is 0 Å². The van der Waals surface area contributed by atoms with E-state index in [2.05, 4.69) is 5.32 Å². The molecule has 16 heavy (non-hydrogen) atoms. The molecule has 1 fully saturated rings. The largest absolute Gasteiger partial charge is 0.342 e. The Morgan fingerprint density at radius 3 is 2.50 bits per heavy atom. The number of ketones is 1. The zero-order chi connectivity index (χ0) is 11.2. The molecule has 0 unspecified atom stereocenters. The van der Waals surface area contributed by atoms with E-state index in [9.17, 15) is 9.59 Å². The van der Waals surface area contributed by atoms with Crippen LogP contribution in [-0.2, 0) is 10.3 Å². The van der Waals surface area contributed by atoms with Gasteiger partial charge in [-0.1, -0.05) is 18.2 Å². The molecule has 0 aromatic heterocycles. The van der Waals surface area contributed by atoms with E-state index < -0.39 is 0 Å². The number of benzene rings is 1. The first-order valence-corrected chi connectivity index (χ1v) is 5.65. The van der Waals surface area contributed by atoms with E-state index in [1.54, 1.807) is 0 Å². The molecule has 0 radical (unpaired) electrons. The van der Waals surface area contributed by atoms with Crippen LogP contribution in [0.4, 0.5) is 0 Å². The third-order valence-corrected chi connectivity index (χ3v) is 3.70. The lowest BCUT2D eigenvalue weighted by atomic mass is 9.77. The van der Waals surface area contributed by atoms with Gasteiger partial charge in [-0.2, -0.15) is 0 Å². The summed E-state index contributed by atoms with van der Waals surface area (Å²) in [7, 11) is 0. The van der Waals surface area contributed by atoms with Crippen LogP contribution < -0.4 is 5.32 Å². The zero-order valence-electron chi connectivity index (χ0n) is 8.95. The molecule has 1 aliphatic heterocycles. The van der Waals surface area contributed by atoms with Gasteiger partial charge in [-0.15, -0.1) is 0 Å². The van der Waals surface area contributed by atoms with E-state index >= 15 is 0 Å². The second-order valence-corrected chi connectivity index (χ2v) is 4.62. The second-order valence-electron chi connectivity index (χ2n) is 4.62. The summed E-state index contributed by atoms with van der Waals surface area (Å²) in [6.07, 6.45) is 2.65. The number of hydrogen-bond donors (Lipinski definition) is 1.